The first-order chi connectivity index (χ1) is 9.65. The maximum atomic E-state index is 11.7. The molecule has 0 bridgehead atoms. The Kier molecular flexibility index (Phi) is 4.07. The van der Waals surface area contributed by atoms with E-state index in [1.54, 1.807) is 18.3 Å². The molecule has 0 aliphatic carbocycles. The molecule has 0 atom stereocenters. The maximum absolute atomic E-state index is 11.7. The Labute approximate surface area is 128 Å². The number of rotatable bonds is 4. The maximum Gasteiger partial charge on any atom is 0.220 e. The Bertz CT molecular complexity index is 766. The van der Waals surface area contributed by atoms with Crippen molar-refractivity contribution in [2.75, 3.05) is 5.73 Å². The van der Waals surface area contributed by atoms with Gasteiger partial charge in [-0.3, -0.25) is 0 Å². The Hall–Kier alpha value is -1.48. The Morgan fingerprint density at radius 1 is 1.29 bits per heavy atom. The topological polar surface area (TPSA) is 125 Å². The van der Waals surface area contributed by atoms with Crippen LogP contribution in [-0.4, -0.2) is 13.4 Å². The highest BCUT2D eigenvalue weighted by molar-refractivity contribution is 7.90. The highest BCUT2D eigenvalue weighted by Crippen LogP contribution is 2.36. The number of nitrogens with zero attached hydrogens (tertiary/aromatic N) is 1. The van der Waals surface area contributed by atoms with Crippen molar-refractivity contribution in [1.29, 1.82) is 0 Å². The summed E-state index contributed by atoms with van der Waals surface area (Å²) in [6, 6.07) is 5.53. The number of nitrogen functional groups attached to an aromatic ring is 1. The minimum atomic E-state index is -3.74. The standard InChI is InChI=1S/C13H18N4O2S2/c1-13(2,21(16,18)19)12-17-7-11(20-12)9-3-8(6-14)4-10(15)5-9/h3-5,7H,6,14-15H2,1-2H3,(H2,16,18,19). The molecule has 0 unspecified atom stereocenters. The van der Waals surface area contributed by atoms with Crippen molar-refractivity contribution in [3.8, 4) is 10.4 Å². The molecule has 0 amide bonds. The number of nitrogens with two attached hydrogens (primary N) is 3. The fraction of sp³-hybridized carbons (Fsp3) is 0.308. The third-order valence-electron chi connectivity index (χ3n) is 3.27. The summed E-state index contributed by atoms with van der Waals surface area (Å²) >= 11 is 1.28. The average Bonchev–Trinajstić information content (AvgIpc) is 2.86. The molecule has 2 rings (SSSR count). The molecule has 8 heteroatoms. The van der Waals surface area contributed by atoms with E-state index in [9.17, 15) is 8.42 Å². The van der Waals surface area contributed by atoms with E-state index in [1.807, 2.05) is 6.07 Å². The Morgan fingerprint density at radius 2 is 1.95 bits per heavy atom. The van der Waals surface area contributed by atoms with Crippen LogP contribution in [-0.2, 0) is 21.3 Å². The zero-order valence-electron chi connectivity index (χ0n) is 11.8. The summed E-state index contributed by atoms with van der Waals surface area (Å²) in [4.78, 5) is 5.03. The second kappa shape index (κ2) is 5.38. The lowest BCUT2D eigenvalue weighted by Crippen LogP contribution is -2.35. The van der Waals surface area contributed by atoms with Crippen LogP contribution in [0.2, 0.25) is 0 Å². The van der Waals surface area contributed by atoms with Crippen molar-refractivity contribution >= 4 is 27.0 Å². The number of thiazole rings is 1. The zero-order valence-corrected chi connectivity index (χ0v) is 13.5. The monoisotopic (exact) mass is 326 g/mol. The molecule has 0 spiro atoms. The molecule has 1 aromatic heterocycles. The van der Waals surface area contributed by atoms with E-state index in [0.29, 0.717) is 17.2 Å². The molecule has 114 valence electrons. The van der Waals surface area contributed by atoms with Gasteiger partial charge in [-0.15, -0.1) is 11.3 Å². The third-order valence-corrected chi connectivity index (χ3v) is 6.38. The van der Waals surface area contributed by atoms with Gasteiger partial charge in [-0.05, 0) is 43.2 Å². The van der Waals surface area contributed by atoms with Crippen molar-refractivity contribution in [2.45, 2.75) is 25.1 Å². The molecule has 21 heavy (non-hydrogen) atoms. The Balaban J connectivity index is 2.48. The summed E-state index contributed by atoms with van der Waals surface area (Å²) < 4.78 is 22.1. The van der Waals surface area contributed by atoms with Gasteiger partial charge in [0.15, 0.2) is 0 Å². The molecular weight excluding hydrogens is 308 g/mol. The molecule has 0 fully saturated rings. The highest BCUT2D eigenvalue weighted by atomic mass is 32.2. The van der Waals surface area contributed by atoms with Crippen LogP contribution in [0.15, 0.2) is 24.4 Å². The van der Waals surface area contributed by atoms with Crippen LogP contribution in [0.5, 0.6) is 0 Å². The lowest BCUT2D eigenvalue weighted by atomic mass is 10.1. The van der Waals surface area contributed by atoms with Crippen LogP contribution < -0.4 is 16.6 Å². The summed E-state index contributed by atoms with van der Waals surface area (Å²) in [7, 11) is -3.74. The predicted molar refractivity (Wildman–Crippen MR) is 86.0 cm³/mol. The number of primary sulfonamides is 1. The van der Waals surface area contributed by atoms with Crippen LogP contribution in [0.4, 0.5) is 5.69 Å². The first kappa shape index (κ1) is 15.9. The first-order valence-corrected chi connectivity index (χ1v) is 8.60. The number of sulfonamides is 1. The van der Waals surface area contributed by atoms with Gasteiger partial charge in [0.2, 0.25) is 10.0 Å². The quantitative estimate of drug-likeness (QED) is 0.732. The van der Waals surface area contributed by atoms with Crippen molar-refractivity contribution in [1.82, 2.24) is 4.98 Å². The zero-order chi connectivity index (χ0) is 15.8. The second-order valence-corrected chi connectivity index (χ2v) is 8.39. The number of benzene rings is 1. The molecule has 0 aliphatic rings. The molecule has 0 saturated heterocycles. The fourth-order valence-electron chi connectivity index (χ4n) is 1.79. The van der Waals surface area contributed by atoms with Crippen molar-refractivity contribution in [3.05, 3.63) is 35.0 Å². The van der Waals surface area contributed by atoms with Crippen LogP contribution in [0, 0.1) is 0 Å². The van der Waals surface area contributed by atoms with Gasteiger partial charge in [0.1, 0.15) is 9.75 Å². The normalized spacial score (nSPS) is 12.6. The summed E-state index contributed by atoms with van der Waals surface area (Å²) in [6.07, 6.45) is 1.63. The second-order valence-electron chi connectivity index (χ2n) is 5.25. The first-order valence-electron chi connectivity index (χ1n) is 6.23. The van der Waals surface area contributed by atoms with E-state index in [0.717, 1.165) is 16.0 Å². The average molecular weight is 326 g/mol. The lowest BCUT2D eigenvalue weighted by Gasteiger charge is -2.18. The van der Waals surface area contributed by atoms with Gasteiger partial charge in [-0.2, -0.15) is 0 Å². The summed E-state index contributed by atoms with van der Waals surface area (Å²) in [5, 5.41) is 5.71. The van der Waals surface area contributed by atoms with Crippen LogP contribution in [0.1, 0.15) is 24.4 Å². The molecular formula is C13H18N4O2S2. The minimum absolute atomic E-state index is 0.381. The fourth-order valence-corrected chi connectivity index (χ4v) is 3.46. The summed E-state index contributed by atoms with van der Waals surface area (Å²) in [6.45, 7) is 3.46. The molecule has 6 N–H and O–H groups in total. The number of aromatic nitrogens is 1. The van der Waals surface area contributed by atoms with E-state index in [2.05, 4.69) is 4.98 Å². The highest BCUT2D eigenvalue weighted by Gasteiger charge is 2.36. The lowest BCUT2D eigenvalue weighted by molar-refractivity contribution is 0.555. The van der Waals surface area contributed by atoms with E-state index in [1.165, 1.54) is 25.2 Å². The molecule has 0 radical (unpaired) electrons. The molecule has 6 nitrogen and oxygen atoms in total. The molecule has 2 aromatic rings. The van der Waals surface area contributed by atoms with E-state index in [-0.39, 0.29) is 0 Å². The SMILES string of the molecule is CC(C)(c1ncc(-c2cc(N)cc(CN)c2)s1)S(N)(=O)=O. The van der Waals surface area contributed by atoms with Gasteiger partial charge in [0.25, 0.3) is 0 Å². The van der Waals surface area contributed by atoms with Crippen LogP contribution in [0.3, 0.4) is 0 Å². The van der Waals surface area contributed by atoms with Crippen molar-refractivity contribution in [3.63, 3.8) is 0 Å². The van der Waals surface area contributed by atoms with Crippen LogP contribution >= 0.6 is 11.3 Å². The Morgan fingerprint density at radius 3 is 2.52 bits per heavy atom. The molecule has 1 aromatic carbocycles. The van der Waals surface area contributed by atoms with Gasteiger partial charge >= 0.3 is 0 Å². The predicted octanol–water partition coefficient (Wildman–Crippen LogP) is 1.37. The van der Waals surface area contributed by atoms with Crippen LogP contribution in [0.25, 0.3) is 10.4 Å². The van der Waals surface area contributed by atoms with E-state index in [4.69, 9.17) is 16.6 Å². The van der Waals surface area contributed by atoms with Crippen molar-refractivity contribution < 1.29 is 8.42 Å². The van der Waals surface area contributed by atoms with Gasteiger partial charge in [-0.1, -0.05) is 0 Å². The van der Waals surface area contributed by atoms with E-state index >= 15 is 0 Å². The largest absolute Gasteiger partial charge is 0.399 e. The van der Waals surface area contributed by atoms with E-state index < -0.39 is 14.8 Å². The number of hydrogen-bond donors (Lipinski definition) is 3. The van der Waals surface area contributed by atoms with Gasteiger partial charge in [0.05, 0.1) is 4.88 Å². The molecule has 0 saturated carbocycles. The smallest absolute Gasteiger partial charge is 0.220 e. The van der Waals surface area contributed by atoms with Gasteiger partial charge < -0.3 is 11.5 Å². The van der Waals surface area contributed by atoms with Crippen molar-refractivity contribution in [2.24, 2.45) is 10.9 Å². The number of anilines is 1. The molecule has 1 heterocycles. The molecule has 0 aliphatic heterocycles. The third kappa shape index (κ3) is 3.08. The minimum Gasteiger partial charge on any atom is -0.399 e. The van der Waals surface area contributed by atoms with Gasteiger partial charge in [0, 0.05) is 18.4 Å². The summed E-state index contributed by atoms with van der Waals surface area (Å²) in [5.41, 5.74) is 13.9. The van der Waals surface area contributed by atoms with Gasteiger partial charge in [-0.25, -0.2) is 18.5 Å². The number of hydrogen-bond acceptors (Lipinski definition) is 6. The summed E-state index contributed by atoms with van der Waals surface area (Å²) in [5.74, 6) is 0.